The number of aromatic nitrogens is 2. The van der Waals surface area contributed by atoms with Crippen LogP contribution in [0.4, 0.5) is 0 Å². The Morgan fingerprint density at radius 1 is 1.33 bits per heavy atom. The summed E-state index contributed by atoms with van der Waals surface area (Å²) in [5, 5.41) is 4.33. The number of hydrogen-bond donors (Lipinski definition) is 1. The van der Waals surface area contributed by atoms with Crippen LogP contribution < -0.4 is 5.43 Å². The molecule has 6 nitrogen and oxygen atoms in total. The number of halogens is 2. The van der Waals surface area contributed by atoms with Crippen molar-refractivity contribution in [3.05, 3.63) is 55.5 Å². The van der Waals surface area contributed by atoms with Crippen LogP contribution in [0.3, 0.4) is 0 Å². The minimum atomic E-state index is -1.75. The SMILES string of the molecule is Cc1cc(C[S+]([O-])c2[nH]c3c(Cl)ccc(Cl)c3c(=O)c2C(=O)C(C)C)no1. The van der Waals surface area contributed by atoms with E-state index in [-0.39, 0.29) is 37.3 Å². The maximum atomic E-state index is 13.1. The molecule has 1 unspecified atom stereocenters. The molecule has 1 N–H and O–H groups in total. The fourth-order valence-corrected chi connectivity index (χ4v) is 4.31. The monoisotopic (exact) mass is 426 g/mol. The molecule has 0 radical (unpaired) electrons. The fourth-order valence-electron chi connectivity index (χ4n) is 2.68. The number of carbonyl (C=O) groups excluding carboxylic acids is 1. The van der Waals surface area contributed by atoms with E-state index in [1.165, 1.54) is 12.1 Å². The minimum Gasteiger partial charge on any atom is -0.610 e. The van der Waals surface area contributed by atoms with Gasteiger partial charge in [-0.05, 0) is 19.1 Å². The van der Waals surface area contributed by atoms with Gasteiger partial charge in [0.2, 0.25) is 10.5 Å². The minimum absolute atomic E-state index is 0.0102. The van der Waals surface area contributed by atoms with E-state index in [1.807, 2.05) is 0 Å². The Labute approximate surface area is 168 Å². The highest BCUT2D eigenvalue weighted by Crippen LogP contribution is 2.30. The van der Waals surface area contributed by atoms with Gasteiger partial charge in [0.15, 0.2) is 11.5 Å². The van der Waals surface area contributed by atoms with E-state index in [1.54, 1.807) is 26.8 Å². The molecule has 0 aliphatic heterocycles. The first-order valence-electron chi connectivity index (χ1n) is 8.09. The molecule has 0 amide bonds. The number of fused-ring (bicyclic) bond motifs is 1. The molecule has 27 heavy (non-hydrogen) atoms. The molecule has 0 aliphatic carbocycles. The van der Waals surface area contributed by atoms with Gasteiger partial charge in [-0.15, -0.1) is 0 Å². The third-order valence-electron chi connectivity index (χ3n) is 3.98. The number of rotatable bonds is 5. The van der Waals surface area contributed by atoms with Crippen LogP contribution in [0.25, 0.3) is 10.9 Å². The van der Waals surface area contributed by atoms with Gasteiger partial charge in [0.25, 0.3) is 0 Å². The zero-order valence-electron chi connectivity index (χ0n) is 14.8. The van der Waals surface area contributed by atoms with Crippen LogP contribution in [0.2, 0.25) is 10.0 Å². The van der Waals surface area contributed by atoms with Crippen LogP contribution in [0.5, 0.6) is 0 Å². The smallest absolute Gasteiger partial charge is 0.238 e. The Bertz CT molecular complexity index is 1090. The standard InChI is InChI=1S/C18H16Cl2N2O4S/c1-8(2)16(23)14-17(24)13-11(19)4-5-12(20)15(13)21-18(14)27(25)7-10-6-9(3)26-22-10/h4-6,8H,7H2,1-3H3,(H,21,24). The van der Waals surface area contributed by atoms with E-state index in [4.69, 9.17) is 27.7 Å². The summed E-state index contributed by atoms with van der Waals surface area (Å²) in [6, 6.07) is 4.66. The molecule has 2 aromatic heterocycles. The van der Waals surface area contributed by atoms with Crippen molar-refractivity contribution in [3.8, 4) is 0 Å². The van der Waals surface area contributed by atoms with Crippen molar-refractivity contribution in [1.29, 1.82) is 0 Å². The van der Waals surface area contributed by atoms with Crippen molar-refractivity contribution < 1.29 is 13.9 Å². The summed E-state index contributed by atoms with van der Waals surface area (Å²) in [6.07, 6.45) is 0. The molecule has 1 aromatic carbocycles. The van der Waals surface area contributed by atoms with E-state index in [0.29, 0.717) is 11.5 Å². The first-order chi connectivity index (χ1) is 12.7. The lowest BCUT2D eigenvalue weighted by Crippen LogP contribution is -2.26. The number of nitrogens with zero attached hydrogens (tertiary/aromatic N) is 1. The lowest BCUT2D eigenvalue weighted by molar-refractivity contribution is 0.0934. The summed E-state index contributed by atoms with van der Waals surface area (Å²) < 4.78 is 18.0. The van der Waals surface area contributed by atoms with Crippen LogP contribution in [0, 0.1) is 12.8 Å². The quantitative estimate of drug-likeness (QED) is 0.484. The molecule has 0 bridgehead atoms. The number of hydrogen-bond acceptors (Lipinski definition) is 5. The summed E-state index contributed by atoms with van der Waals surface area (Å²) in [4.78, 5) is 28.7. The maximum absolute atomic E-state index is 13.1. The Morgan fingerprint density at radius 3 is 2.59 bits per heavy atom. The van der Waals surface area contributed by atoms with Gasteiger partial charge < -0.3 is 14.1 Å². The van der Waals surface area contributed by atoms with Crippen molar-refractivity contribution in [1.82, 2.24) is 10.1 Å². The average Bonchev–Trinajstić information content (AvgIpc) is 3.01. The van der Waals surface area contributed by atoms with Gasteiger partial charge in [0.05, 0.1) is 20.9 Å². The third kappa shape index (κ3) is 3.78. The zero-order chi connectivity index (χ0) is 19.9. The van der Waals surface area contributed by atoms with Crippen LogP contribution in [-0.2, 0) is 16.9 Å². The van der Waals surface area contributed by atoms with Crippen LogP contribution >= 0.6 is 23.2 Å². The van der Waals surface area contributed by atoms with Crippen molar-refractivity contribution >= 4 is 51.1 Å². The van der Waals surface area contributed by atoms with E-state index in [9.17, 15) is 14.1 Å². The van der Waals surface area contributed by atoms with Crippen molar-refractivity contribution in [2.45, 2.75) is 31.6 Å². The highest BCUT2D eigenvalue weighted by atomic mass is 35.5. The van der Waals surface area contributed by atoms with Gasteiger partial charge in [0.1, 0.15) is 17.0 Å². The highest BCUT2D eigenvalue weighted by molar-refractivity contribution is 7.90. The molecular formula is C18H16Cl2N2O4S. The molecular weight excluding hydrogens is 411 g/mol. The summed E-state index contributed by atoms with van der Waals surface area (Å²) in [7, 11) is 0. The first kappa shape index (κ1) is 19.9. The van der Waals surface area contributed by atoms with Gasteiger partial charge in [0, 0.05) is 23.2 Å². The topological polar surface area (TPSA) is 99.0 Å². The van der Waals surface area contributed by atoms with E-state index in [2.05, 4.69) is 10.1 Å². The molecule has 0 fully saturated rings. The molecule has 0 spiro atoms. The maximum Gasteiger partial charge on any atom is 0.238 e. The van der Waals surface area contributed by atoms with Gasteiger partial charge in [-0.3, -0.25) is 9.59 Å². The number of benzene rings is 1. The molecule has 0 saturated heterocycles. The molecule has 142 valence electrons. The molecule has 2 heterocycles. The van der Waals surface area contributed by atoms with E-state index >= 15 is 0 Å². The van der Waals surface area contributed by atoms with Crippen LogP contribution in [0.1, 0.15) is 35.7 Å². The zero-order valence-corrected chi connectivity index (χ0v) is 17.1. The Morgan fingerprint density at radius 2 is 2.00 bits per heavy atom. The number of aromatic amines is 1. The van der Waals surface area contributed by atoms with Gasteiger partial charge in [-0.2, -0.15) is 0 Å². The number of aryl methyl sites for hydroxylation is 1. The van der Waals surface area contributed by atoms with Gasteiger partial charge in [-0.25, -0.2) is 0 Å². The second-order valence-electron chi connectivity index (χ2n) is 6.38. The Kier molecular flexibility index (Phi) is 5.67. The largest absolute Gasteiger partial charge is 0.610 e. The fraction of sp³-hybridized carbons (Fsp3) is 0.278. The van der Waals surface area contributed by atoms with Crippen LogP contribution in [-0.4, -0.2) is 20.5 Å². The van der Waals surface area contributed by atoms with Crippen molar-refractivity contribution in [2.24, 2.45) is 5.92 Å². The third-order valence-corrected chi connectivity index (χ3v) is 5.93. The van der Waals surface area contributed by atoms with E-state index in [0.717, 1.165) is 0 Å². The van der Waals surface area contributed by atoms with Gasteiger partial charge >= 0.3 is 0 Å². The summed E-state index contributed by atoms with van der Waals surface area (Å²) in [6.45, 7) is 5.05. The highest BCUT2D eigenvalue weighted by Gasteiger charge is 2.30. The summed E-state index contributed by atoms with van der Waals surface area (Å²) in [5.74, 6) is -0.335. The summed E-state index contributed by atoms with van der Waals surface area (Å²) >= 11 is 10.6. The Hall–Kier alpha value is -1.80. The lowest BCUT2D eigenvalue weighted by atomic mass is 10.0. The molecule has 3 aromatic rings. The van der Waals surface area contributed by atoms with Crippen molar-refractivity contribution in [3.63, 3.8) is 0 Å². The van der Waals surface area contributed by atoms with Crippen molar-refractivity contribution in [2.75, 3.05) is 0 Å². The molecule has 3 rings (SSSR count). The molecule has 0 saturated carbocycles. The predicted molar refractivity (Wildman–Crippen MR) is 105 cm³/mol. The van der Waals surface area contributed by atoms with Gasteiger partial charge in [-0.1, -0.05) is 42.2 Å². The van der Waals surface area contributed by atoms with E-state index < -0.39 is 28.3 Å². The number of carbonyl (C=O) groups is 1. The first-order valence-corrected chi connectivity index (χ1v) is 10.2. The van der Waals surface area contributed by atoms with Crippen LogP contribution in [0.15, 0.2) is 32.5 Å². The second-order valence-corrected chi connectivity index (χ2v) is 8.58. The number of pyridine rings is 1. The lowest BCUT2D eigenvalue weighted by Gasteiger charge is -2.15. The second kappa shape index (κ2) is 7.67. The Balaban J connectivity index is 2.25. The number of H-pyrrole nitrogens is 1. The predicted octanol–water partition coefficient (Wildman–Crippen LogP) is 4.28. The molecule has 9 heteroatoms. The summed E-state index contributed by atoms with van der Waals surface area (Å²) in [5.41, 5.74) is -0.0593. The normalized spacial score (nSPS) is 12.7. The average molecular weight is 427 g/mol. The number of nitrogens with one attached hydrogen (secondary N) is 1. The molecule has 1 atom stereocenters. The number of ketones is 1. The molecule has 0 aliphatic rings. The number of Topliss-reactive ketones (excluding diaryl/α,β-unsaturated/α-hetero) is 1.